The molecule has 2 N–H and O–H groups in total. The van der Waals surface area contributed by atoms with E-state index in [1.165, 1.54) is 32.1 Å². The molecule has 1 aromatic rings. The van der Waals surface area contributed by atoms with E-state index >= 15 is 0 Å². The van der Waals surface area contributed by atoms with Gasteiger partial charge in [-0.15, -0.1) is 0 Å². The molecule has 3 fully saturated rings. The zero-order chi connectivity index (χ0) is 21.6. The molecule has 5 nitrogen and oxygen atoms in total. The number of hydrogen-bond acceptors (Lipinski definition) is 3. The van der Waals surface area contributed by atoms with Crippen molar-refractivity contribution in [2.45, 2.75) is 71.3 Å². The van der Waals surface area contributed by atoms with Gasteiger partial charge in [0, 0.05) is 36.0 Å². The van der Waals surface area contributed by atoms with Crippen molar-refractivity contribution in [1.82, 2.24) is 10.3 Å². The van der Waals surface area contributed by atoms with Gasteiger partial charge in [-0.1, -0.05) is 19.9 Å². The van der Waals surface area contributed by atoms with Crippen LogP contribution in [0.2, 0.25) is 0 Å². The fraction of sp³-hybridized carbons (Fsp3) is 0.654. The Balaban J connectivity index is 1.25. The highest BCUT2D eigenvalue weighted by molar-refractivity contribution is 5.90. The monoisotopic (exact) mass is 421 g/mol. The lowest BCUT2D eigenvalue weighted by Gasteiger charge is -2.59. The number of anilines is 1. The summed E-state index contributed by atoms with van der Waals surface area (Å²) < 4.78 is 0. The van der Waals surface area contributed by atoms with E-state index in [1.54, 1.807) is 18.5 Å². The van der Waals surface area contributed by atoms with Gasteiger partial charge in [-0.05, 0) is 92.2 Å². The van der Waals surface area contributed by atoms with E-state index < -0.39 is 0 Å². The van der Waals surface area contributed by atoms with E-state index in [0.717, 1.165) is 30.4 Å². The van der Waals surface area contributed by atoms with Crippen LogP contribution in [0.3, 0.4) is 0 Å². The van der Waals surface area contributed by atoms with Gasteiger partial charge in [-0.2, -0.15) is 0 Å². The Labute approximate surface area is 185 Å². The molecule has 2 amide bonds. The first-order valence-electron chi connectivity index (χ1n) is 12.1. The van der Waals surface area contributed by atoms with Crippen molar-refractivity contribution in [3.8, 4) is 0 Å². The van der Waals surface area contributed by atoms with E-state index in [-0.39, 0.29) is 17.2 Å². The predicted molar refractivity (Wildman–Crippen MR) is 121 cm³/mol. The molecule has 3 saturated carbocycles. The number of pyridine rings is 1. The summed E-state index contributed by atoms with van der Waals surface area (Å²) in [5.41, 5.74) is 1.28. The summed E-state index contributed by atoms with van der Waals surface area (Å²) in [5.74, 6) is 2.98. The maximum Gasteiger partial charge on any atom is 0.243 e. The Hall–Kier alpha value is -2.17. The van der Waals surface area contributed by atoms with Crippen LogP contribution in [0.25, 0.3) is 0 Å². The smallest absolute Gasteiger partial charge is 0.243 e. The van der Waals surface area contributed by atoms with Crippen LogP contribution in [0.1, 0.15) is 65.2 Å². The number of fused-ring (bicyclic) bond motifs is 5. The molecule has 7 atom stereocenters. The number of hydrogen-bond donors (Lipinski definition) is 2. The van der Waals surface area contributed by atoms with Crippen molar-refractivity contribution in [1.29, 1.82) is 0 Å². The van der Waals surface area contributed by atoms with Crippen LogP contribution in [-0.2, 0) is 9.59 Å². The summed E-state index contributed by atoms with van der Waals surface area (Å²) in [4.78, 5) is 28.4. The highest BCUT2D eigenvalue weighted by Crippen LogP contribution is 2.65. The highest BCUT2D eigenvalue weighted by atomic mass is 16.2. The summed E-state index contributed by atoms with van der Waals surface area (Å²) in [5, 5.41) is 6.26. The quantitative estimate of drug-likeness (QED) is 0.739. The van der Waals surface area contributed by atoms with E-state index in [4.69, 9.17) is 0 Å². The third kappa shape index (κ3) is 3.50. The molecule has 5 heteroatoms. The topological polar surface area (TPSA) is 71.1 Å². The van der Waals surface area contributed by atoms with Crippen molar-refractivity contribution >= 4 is 17.5 Å². The van der Waals surface area contributed by atoms with E-state index in [9.17, 15) is 9.59 Å². The Morgan fingerprint density at radius 1 is 1.13 bits per heavy atom. The van der Waals surface area contributed by atoms with Crippen LogP contribution in [-0.4, -0.2) is 22.8 Å². The van der Waals surface area contributed by atoms with Crippen LogP contribution in [0.15, 0.2) is 36.7 Å². The van der Waals surface area contributed by atoms with Crippen LogP contribution in [0.4, 0.5) is 5.69 Å². The van der Waals surface area contributed by atoms with E-state index in [2.05, 4.69) is 35.5 Å². The lowest BCUT2D eigenvalue weighted by molar-refractivity contribution is -0.123. The molecular formula is C26H35N3O2. The number of amides is 2. The maximum atomic E-state index is 12.5. The number of nitrogens with zero attached hydrogens (tertiary/aromatic N) is 1. The molecule has 1 aliphatic heterocycles. The second kappa shape index (κ2) is 7.75. The van der Waals surface area contributed by atoms with Gasteiger partial charge in [-0.25, -0.2) is 0 Å². The zero-order valence-electron chi connectivity index (χ0n) is 18.8. The molecule has 0 radical (unpaired) electrons. The molecule has 5 rings (SSSR count). The van der Waals surface area contributed by atoms with Crippen LogP contribution in [0.5, 0.6) is 0 Å². The third-order valence-electron chi connectivity index (χ3n) is 9.57. The molecule has 0 spiro atoms. The maximum absolute atomic E-state index is 12.5. The first-order valence-corrected chi connectivity index (χ1v) is 12.1. The molecule has 0 saturated heterocycles. The van der Waals surface area contributed by atoms with Crippen molar-refractivity contribution < 1.29 is 9.59 Å². The zero-order valence-corrected chi connectivity index (χ0v) is 18.8. The van der Waals surface area contributed by atoms with Gasteiger partial charge >= 0.3 is 0 Å². The van der Waals surface area contributed by atoms with Gasteiger partial charge in [0.05, 0.1) is 0 Å². The molecule has 0 bridgehead atoms. The number of nitrogens with one attached hydrogen (secondary N) is 2. The fourth-order valence-corrected chi connectivity index (χ4v) is 7.88. The molecular weight excluding hydrogens is 386 g/mol. The molecule has 166 valence electrons. The average molecular weight is 422 g/mol. The highest BCUT2D eigenvalue weighted by Gasteiger charge is 2.59. The van der Waals surface area contributed by atoms with Gasteiger partial charge in [0.25, 0.3) is 0 Å². The van der Waals surface area contributed by atoms with Gasteiger partial charge in [0.2, 0.25) is 11.8 Å². The number of aromatic nitrogens is 1. The average Bonchev–Trinajstić information content (AvgIpc) is 3.10. The number of carbonyl (C=O) groups excluding carboxylic acids is 2. The van der Waals surface area contributed by atoms with Crippen LogP contribution < -0.4 is 10.6 Å². The first kappa shape index (κ1) is 20.7. The Kier molecular flexibility index (Phi) is 5.18. The summed E-state index contributed by atoms with van der Waals surface area (Å²) in [6.07, 6.45) is 16.4. The summed E-state index contributed by atoms with van der Waals surface area (Å²) >= 11 is 0. The normalized spacial score (nSPS) is 41.0. The standard InChI is InChI=1S/C26H35N3O2/c1-25-13-9-21-19(5-7-22-26(21,2)14-10-24(31)29-22)20(25)6-3-17(25)4-8-23(30)28-18-11-15-27-16-12-18/h10-12,14-17,19-22H,3-9,13H2,1-2H3,(H,29,31)(H,27,28,30)/t17-,19+,20+,21+,22?,25-,26-/m1/s1. The van der Waals surface area contributed by atoms with Crippen molar-refractivity contribution in [3.63, 3.8) is 0 Å². The summed E-state index contributed by atoms with van der Waals surface area (Å²) in [6, 6.07) is 3.97. The third-order valence-corrected chi connectivity index (χ3v) is 9.57. The molecule has 4 aliphatic rings. The summed E-state index contributed by atoms with van der Waals surface area (Å²) in [6.45, 7) is 4.89. The van der Waals surface area contributed by atoms with E-state index in [1.807, 2.05) is 12.1 Å². The minimum absolute atomic E-state index is 0.0764. The number of carbonyl (C=O) groups is 2. The molecule has 0 aromatic carbocycles. The number of rotatable bonds is 4. The molecule has 1 unspecified atom stereocenters. The minimum atomic E-state index is 0.0764. The van der Waals surface area contributed by atoms with Gasteiger partial charge < -0.3 is 10.6 Å². The fourth-order valence-electron chi connectivity index (χ4n) is 7.88. The largest absolute Gasteiger partial charge is 0.349 e. The van der Waals surface area contributed by atoms with Gasteiger partial charge in [0.15, 0.2) is 0 Å². The van der Waals surface area contributed by atoms with Crippen LogP contribution in [0, 0.1) is 34.5 Å². The van der Waals surface area contributed by atoms with Gasteiger partial charge in [-0.3, -0.25) is 14.6 Å². The first-order chi connectivity index (χ1) is 14.9. The molecule has 3 aliphatic carbocycles. The van der Waals surface area contributed by atoms with Crippen molar-refractivity contribution in [2.24, 2.45) is 34.5 Å². The van der Waals surface area contributed by atoms with Gasteiger partial charge in [0.1, 0.15) is 0 Å². The molecule has 2 heterocycles. The lowest BCUT2D eigenvalue weighted by Crippen LogP contribution is -2.59. The second-order valence-electron chi connectivity index (χ2n) is 10.9. The SMILES string of the molecule is C[C@]12CC[C@H]3[C@@H](CCC4NC(=O)C=C[C@@]43C)[C@@H]1CC[C@@H]2CCC(=O)Nc1ccncc1. The van der Waals surface area contributed by atoms with Crippen molar-refractivity contribution in [3.05, 3.63) is 36.7 Å². The molecule has 31 heavy (non-hydrogen) atoms. The Morgan fingerprint density at radius 2 is 1.94 bits per heavy atom. The Morgan fingerprint density at radius 3 is 2.74 bits per heavy atom. The summed E-state index contributed by atoms with van der Waals surface area (Å²) in [7, 11) is 0. The lowest BCUT2D eigenvalue weighted by atomic mass is 9.48. The second-order valence-corrected chi connectivity index (χ2v) is 10.9. The minimum Gasteiger partial charge on any atom is -0.349 e. The Bertz CT molecular complexity index is 884. The molecule has 1 aromatic heterocycles. The van der Waals surface area contributed by atoms with E-state index in [0.29, 0.717) is 29.7 Å². The van der Waals surface area contributed by atoms with Crippen molar-refractivity contribution in [2.75, 3.05) is 5.32 Å². The predicted octanol–water partition coefficient (Wildman–Crippen LogP) is 4.71. The van der Waals surface area contributed by atoms with Crippen LogP contribution >= 0.6 is 0 Å².